The maximum atomic E-state index is 8.77. The Bertz CT molecular complexity index is 555. The summed E-state index contributed by atoms with van der Waals surface area (Å²) in [7, 11) is 1.62. The lowest BCUT2D eigenvalue weighted by molar-refractivity contribution is 0.418. The molecule has 0 radical (unpaired) electrons. The molecule has 74 valence electrons. The molecular formula is C12H10N2O. The number of hydrogen-bond donors (Lipinski definition) is 0. The fraction of sp³-hybridized carbons (Fsp3) is 0.167. The van der Waals surface area contributed by atoms with Crippen LogP contribution in [0.3, 0.4) is 0 Å². The van der Waals surface area contributed by atoms with E-state index in [1.54, 1.807) is 13.3 Å². The van der Waals surface area contributed by atoms with Crippen molar-refractivity contribution in [3.05, 3.63) is 35.5 Å². The lowest BCUT2D eigenvalue weighted by Crippen LogP contribution is -1.90. The number of aryl methyl sites for hydroxylation is 1. The highest BCUT2D eigenvalue weighted by Gasteiger charge is 2.04. The highest BCUT2D eigenvalue weighted by molar-refractivity contribution is 5.86. The van der Waals surface area contributed by atoms with Crippen molar-refractivity contribution >= 4 is 10.9 Å². The van der Waals surface area contributed by atoms with Gasteiger partial charge < -0.3 is 4.74 Å². The summed E-state index contributed by atoms with van der Waals surface area (Å²) in [6.07, 6.45) is 1.56. The highest BCUT2D eigenvalue weighted by atomic mass is 16.5. The predicted octanol–water partition coefficient (Wildman–Crippen LogP) is 2.42. The van der Waals surface area contributed by atoms with E-state index >= 15 is 0 Å². The SMILES string of the molecule is COc1cc(C)cc2cc(C#N)cnc12. The third-order valence-electron chi connectivity index (χ3n) is 2.24. The summed E-state index contributed by atoms with van der Waals surface area (Å²) in [6, 6.07) is 7.81. The zero-order chi connectivity index (χ0) is 10.8. The van der Waals surface area contributed by atoms with E-state index < -0.39 is 0 Å². The number of pyridine rings is 1. The third-order valence-corrected chi connectivity index (χ3v) is 2.24. The standard InChI is InChI=1S/C12H10N2O/c1-8-3-10-5-9(6-13)7-14-12(10)11(4-8)15-2/h3-5,7H,1-2H3. The molecule has 0 aliphatic carbocycles. The van der Waals surface area contributed by atoms with Crippen LogP contribution in [0.2, 0.25) is 0 Å². The molecular weight excluding hydrogens is 188 g/mol. The van der Waals surface area contributed by atoms with E-state index in [-0.39, 0.29) is 0 Å². The van der Waals surface area contributed by atoms with Gasteiger partial charge in [-0.05, 0) is 30.7 Å². The minimum absolute atomic E-state index is 0.565. The van der Waals surface area contributed by atoms with Crippen LogP contribution < -0.4 is 4.74 Å². The van der Waals surface area contributed by atoms with Crippen molar-refractivity contribution in [2.45, 2.75) is 6.92 Å². The van der Waals surface area contributed by atoms with E-state index in [4.69, 9.17) is 10.00 Å². The van der Waals surface area contributed by atoms with Gasteiger partial charge in [0.1, 0.15) is 17.3 Å². The number of benzene rings is 1. The molecule has 0 bridgehead atoms. The molecule has 2 aromatic rings. The fourth-order valence-corrected chi connectivity index (χ4v) is 1.58. The van der Waals surface area contributed by atoms with Gasteiger partial charge in [-0.25, -0.2) is 0 Å². The molecule has 0 aliphatic heterocycles. The number of aromatic nitrogens is 1. The number of nitrogens with zero attached hydrogens (tertiary/aromatic N) is 2. The van der Waals surface area contributed by atoms with Crippen molar-refractivity contribution in [1.29, 1.82) is 5.26 Å². The maximum absolute atomic E-state index is 8.77. The van der Waals surface area contributed by atoms with Gasteiger partial charge in [0, 0.05) is 11.6 Å². The molecule has 2 rings (SSSR count). The van der Waals surface area contributed by atoms with E-state index in [0.717, 1.165) is 22.2 Å². The number of methoxy groups -OCH3 is 1. The minimum atomic E-state index is 0.565. The molecule has 0 fully saturated rings. The number of hydrogen-bond acceptors (Lipinski definition) is 3. The van der Waals surface area contributed by atoms with Crippen LogP contribution in [0, 0.1) is 18.3 Å². The Labute approximate surface area is 87.9 Å². The van der Waals surface area contributed by atoms with Crippen LogP contribution in [0.1, 0.15) is 11.1 Å². The molecule has 1 aromatic carbocycles. The average Bonchev–Trinajstić information content (AvgIpc) is 2.26. The number of nitriles is 1. The highest BCUT2D eigenvalue weighted by Crippen LogP contribution is 2.25. The summed E-state index contributed by atoms with van der Waals surface area (Å²) in [5.74, 6) is 0.745. The molecule has 0 saturated heterocycles. The summed E-state index contributed by atoms with van der Waals surface area (Å²) < 4.78 is 5.24. The zero-order valence-electron chi connectivity index (χ0n) is 8.61. The first-order valence-electron chi connectivity index (χ1n) is 4.59. The van der Waals surface area contributed by atoms with Gasteiger partial charge in [0.05, 0.1) is 12.7 Å². The Morgan fingerprint density at radius 2 is 2.13 bits per heavy atom. The quantitative estimate of drug-likeness (QED) is 0.706. The Hall–Kier alpha value is -2.08. The Balaban J connectivity index is 2.79. The first-order chi connectivity index (χ1) is 7.24. The second-order valence-corrected chi connectivity index (χ2v) is 3.37. The number of ether oxygens (including phenoxy) is 1. The lowest BCUT2D eigenvalue weighted by Gasteiger charge is -2.06. The van der Waals surface area contributed by atoms with Crippen LogP contribution in [0.25, 0.3) is 10.9 Å². The molecule has 0 atom stereocenters. The lowest BCUT2D eigenvalue weighted by atomic mass is 10.1. The number of fused-ring (bicyclic) bond motifs is 1. The zero-order valence-corrected chi connectivity index (χ0v) is 8.61. The van der Waals surface area contributed by atoms with E-state index in [1.807, 2.05) is 25.1 Å². The first-order valence-corrected chi connectivity index (χ1v) is 4.59. The summed E-state index contributed by atoms with van der Waals surface area (Å²) in [5.41, 5.74) is 2.45. The molecule has 0 unspecified atom stereocenters. The van der Waals surface area contributed by atoms with Gasteiger partial charge >= 0.3 is 0 Å². The van der Waals surface area contributed by atoms with E-state index in [9.17, 15) is 0 Å². The number of rotatable bonds is 1. The summed E-state index contributed by atoms with van der Waals surface area (Å²) in [4.78, 5) is 4.22. The van der Waals surface area contributed by atoms with Gasteiger partial charge in [-0.3, -0.25) is 4.98 Å². The van der Waals surface area contributed by atoms with Crippen molar-refractivity contribution in [3.63, 3.8) is 0 Å². The minimum Gasteiger partial charge on any atom is -0.494 e. The van der Waals surface area contributed by atoms with Gasteiger partial charge in [-0.1, -0.05) is 0 Å². The maximum Gasteiger partial charge on any atom is 0.145 e. The van der Waals surface area contributed by atoms with Crippen molar-refractivity contribution in [3.8, 4) is 11.8 Å². The summed E-state index contributed by atoms with van der Waals surface area (Å²) in [6.45, 7) is 1.99. The monoisotopic (exact) mass is 198 g/mol. The summed E-state index contributed by atoms with van der Waals surface area (Å²) in [5, 5.41) is 9.71. The molecule has 3 nitrogen and oxygen atoms in total. The molecule has 15 heavy (non-hydrogen) atoms. The average molecular weight is 198 g/mol. The first kappa shape index (κ1) is 9.47. The van der Waals surface area contributed by atoms with Crippen LogP contribution >= 0.6 is 0 Å². The second kappa shape index (κ2) is 3.58. The summed E-state index contributed by atoms with van der Waals surface area (Å²) >= 11 is 0. The predicted molar refractivity (Wildman–Crippen MR) is 57.7 cm³/mol. The molecule has 0 saturated carbocycles. The topological polar surface area (TPSA) is 45.9 Å². The van der Waals surface area contributed by atoms with Gasteiger partial charge in [0.2, 0.25) is 0 Å². The van der Waals surface area contributed by atoms with Crippen LogP contribution in [0.15, 0.2) is 24.4 Å². The molecule has 3 heteroatoms. The molecule has 0 amide bonds. The van der Waals surface area contributed by atoms with E-state index in [1.165, 1.54) is 0 Å². The normalized spacial score (nSPS) is 9.93. The molecule has 0 N–H and O–H groups in total. The Morgan fingerprint density at radius 1 is 1.33 bits per heavy atom. The largest absolute Gasteiger partial charge is 0.494 e. The molecule has 0 aliphatic rings. The van der Waals surface area contributed by atoms with Gasteiger partial charge in [-0.15, -0.1) is 0 Å². The van der Waals surface area contributed by atoms with Gasteiger partial charge in [0.25, 0.3) is 0 Å². The van der Waals surface area contributed by atoms with Crippen molar-refractivity contribution in [2.75, 3.05) is 7.11 Å². The third kappa shape index (κ3) is 1.62. The van der Waals surface area contributed by atoms with Gasteiger partial charge in [-0.2, -0.15) is 5.26 Å². The van der Waals surface area contributed by atoms with Crippen LogP contribution in [-0.4, -0.2) is 12.1 Å². The van der Waals surface area contributed by atoms with Crippen LogP contribution in [0.4, 0.5) is 0 Å². The fourth-order valence-electron chi connectivity index (χ4n) is 1.58. The Kier molecular flexibility index (Phi) is 2.26. The van der Waals surface area contributed by atoms with Crippen LogP contribution in [-0.2, 0) is 0 Å². The second-order valence-electron chi connectivity index (χ2n) is 3.37. The Morgan fingerprint density at radius 3 is 2.80 bits per heavy atom. The smallest absolute Gasteiger partial charge is 0.145 e. The van der Waals surface area contributed by atoms with E-state index in [0.29, 0.717) is 5.56 Å². The van der Waals surface area contributed by atoms with Crippen molar-refractivity contribution in [2.24, 2.45) is 0 Å². The van der Waals surface area contributed by atoms with Crippen molar-refractivity contribution in [1.82, 2.24) is 4.98 Å². The molecule has 1 aromatic heterocycles. The molecule has 1 heterocycles. The van der Waals surface area contributed by atoms with Crippen molar-refractivity contribution < 1.29 is 4.74 Å². The molecule has 0 spiro atoms. The van der Waals surface area contributed by atoms with Crippen LogP contribution in [0.5, 0.6) is 5.75 Å². The van der Waals surface area contributed by atoms with E-state index in [2.05, 4.69) is 11.1 Å². The van der Waals surface area contributed by atoms with Gasteiger partial charge in [0.15, 0.2) is 0 Å².